The lowest BCUT2D eigenvalue weighted by molar-refractivity contribution is -0.155. The van der Waals surface area contributed by atoms with Crippen molar-refractivity contribution in [2.75, 3.05) is 33.5 Å². The number of methoxy groups -OCH3 is 1. The molecule has 0 radical (unpaired) electrons. The van der Waals surface area contributed by atoms with Crippen molar-refractivity contribution < 1.29 is 42.5 Å². The Kier molecular flexibility index (Phi) is 12.8. The zero-order valence-electron chi connectivity index (χ0n) is 22.3. The van der Waals surface area contributed by atoms with Crippen LogP contribution in [0.4, 0.5) is 0 Å². The van der Waals surface area contributed by atoms with Crippen LogP contribution in [0, 0.1) is 0 Å². The topological polar surface area (TPSA) is 153 Å². The fourth-order valence-corrected chi connectivity index (χ4v) is 5.40. The molecule has 13 nitrogen and oxygen atoms in total. The third-order valence-electron chi connectivity index (χ3n) is 5.08. The number of carbonyl (C=O) groups is 1. The van der Waals surface area contributed by atoms with Crippen LogP contribution in [0.3, 0.4) is 0 Å². The number of esters is 1. The van der Waals surface area contributed by atoms with Gasteiger partial charge in [-0.15, -0.1) is 0 Å². The fraction of sp³-hybridized carbons (Fsp3) is 0.727. The molecule has 0 bridgehead atoms. The molecule has 0 spiro atoms. The van der Waals surface area contributed by atoms with Crippen LogP contribution in [0.2, 0.25) is 10.4 Å². The molecule has 3 atom stereocenters. The molecule has 1 aliphatic rings. The molecule has 0 amide bonds. The first-order chi connectivity index (χ1) is 17.9. The van der Waals surface area contributed by atoms with E-state index in [1.54, 1.807) is 45.5 Å². The van der Waals surface area contributed by atoms with Crippen LogP contribution in [0.5, 0.6) is 0 Å². The van der Waals surface area contributed by atoms with Crippen LogP contribution in [0.25, 0.3) is 11.2 Å². The van der Waals surface area contributed by atoms with E-state index in [1.165, 1.54) is 7.11 Å². The molecule has 38 heavy (non-hydrogen) atoms. The van der Waals surface area contributed by atoms with Crippen LogP contribution in [-0.2, 0) is 37.4 Å². The zero-order chi connectivity index (χ0) is 28.5. The van der Waals surface area contributed by atoms with E-state index in [0.717, 1.165) is 0 Å². The summed E-state index contributed by atoms with van der Waals surface area (Å²) in [4.78, 5) is 24.7. The summed E-state index contributed by atoms with van der Waals surface area (Å²) in [5.74, 6) is -3.28. The van der Waals surface area contributed by atoms with Gasteiger partial charge in [0.25, 0.3) is 5.85 Å². The minimum Gasteiger partial charge on any atom is -0.464 e. The second-order valence-corrected chi connectivity index (χ2v) is 11.1. The van der Waals surface area contributed by atoms with Gasteiger partial charge in [0.15, 0.2) is 16.6 Å². The number of hydrogen-bond acceptors (Lipinski definition) is 12. The Morgan fingerprint density at radius 3 is 2.39 bits per heavy atom. The second kappa shape index (κ2) is 14.8. The first-order valence-corrected chi connectivity index (χ1v) is 14.4. The molecule has 3 rings (SSSR count). The normalized spacial score (nSPS) is 18.8. The summed E-state index contributed by atoms with van der Waals surface area (Å²) in [5.41, 5.74) is 0.860. The molecule has 0 aromatic carbocycles. The largest absolute Gasteiger partial charge is 0.464 e. The zero-order valence-corrected chi connectivity index (χ0v) is 24.7. The van der Waals surface area contributed by atoms with Crippen LogP contribution in [0.1, 0.15) is 53.7 Å². The van der Waals surface area contributed by atoms with Crippen molar-refractivity contribution in [2.24, 2.45) is 0 Å². The van der Waals surface area contributed by atoms with E-state index >= 15 is 0 Å². The van der Waals surface area contributed by atoms with Crippen molar-refractivity contribution in [2.45, 2.75) is 71.4 Å². The van der Waals surface area contributed by atoms with Gasteiger partial charge in [0.05, 0.1) is 38.9 Å². The summed E-state index contributed by atoms with van der Waals surface area (Å²) >= 11 is 12.0. The predicted octanol–water partition coefficient (Wildman–Crippen LogP) is 4.34. The lowest BCUT2D eigenvalue weighted by Gasteiger charge is -2.25. The maximum atomic E-state index is 13.1. The van der Waals surface area contributed by atoms with Crippen LogP contribution in [-0.4, -0.2) is 81.9 Å². The van der Waals surface area contributed by atoms with Crippen molar-refractivity contribution in [1.29, 1.82) is 0 Å². The molecule has 0 aliphatic carbocycles. The number of carbonyl (C=O) groups excluding carboxylic acids is 1. The van der Waals surface area contributed by atoms with E-state index in [-0.39, 0.29) is 43.0 Å². The molecule has 0 saturated carbocycles. The van der Waals surface area contributed by atoms with Gasteiger partial charge in [-0.3, -0.25) is 9.13 Å². The standard InChI is InChI=1S/C18H25Cl2N4O7P.C4H10O2/c1-4-27-16(25)17(32(26,29-5-2)30-6-3)28-9-11-7-8-12(31-11)24-10-21-13-14(19)22-18(20)23-15(13)24;1-4(2,5)6-3/h10-12,17H,4-9H2,1-3H3;5H,1-3H3/t11-,12+,17?;/m0./s1. The van der Waals surface area contributed by atoms with E-state index in [9.17, 15) is 9.36 Å². The SMILES string of the molecule is CCOC(=O)C(OC[C@@H]1CC[C@H](n2cnc3c(Cl)nc(Cl)nc32)O1)P(=O)(OCC)OCC.COC(C)(C)O. The van der Waals surface area contributed by atoms with Gasteiger partial charge < -0.3 is 33.1 Å². The molecule has 2 aromatic heterocycles. The van der Waals surface area contributed by atoms with E-state index in [0.29, 0.717) is 24.0 Å². The van der Waals surface area contributed by atoms with Gasteiger partial charge in [-0.05, 0) is 59.1 Å². The molecule has 1 saturated heterocycles. The van der Waals surface area contributed by atoms with Crippen LogP contribution < -0.4 is 0 Å². The maximum Gasteiger partial charge on any atom is 0.370 e. The number of aromatic nitrogens is 4. The number of fused-ring (bicyclic) bond motifs is 1. The maximum absolute atomic E-state index is 13.1. The van der Waals surface area contributed by atoms with Gasteiger partial charge in [0, 0.05) is 7.11 Å². The van der Waals surface area contributed by atoms with Gasteiger partial charge in [0.1, 0.15) is 11.7 Å². The number of hydrogen-bond donors (Lipinski definition) is 1. The Hall–Kier alpha value is -1.41. The van der Waals surface area contributed by atoms with Crippen molar-refractivity contribution in [3.8, 4) is 0 Å². The van der Waals surface area contributed by atoms with Crippen molar-refractivity contribution in [3.05, 3.63) is 16.8 Å². The van der Waals surface area contributed by atoms with Crippen molar-refractivity contribution in [1.82, 2.24) is 19.5 Å². The number of rotatable bonds is 12. The van der Waals surface area contributed by atoms with Gasteiger partial charge in [0.2, 0.25) is 5.28 Å². The second-order valence-electron chi connectivity index (χ2n) is 8.36. The number of halogens is 2. The van der Waals surface area contributed by atoms with E-state index in [1.807, 2.05) is 0 Å². The molecule has 2 aromatic rings. The minimum atomic E-state index is -3.89. The first-order valence-electron chi connectivity index (χ1n) is 12.0. The number of imidazole rings is 1. The monoisotopic (exact) mass is 600 g/mol. The lowest BCUT2D eigenvalue weighted by Crippen LogP contribution is -2.31. The van der Waals surface area contributed by atoms with E-state index < -0.39 is 31.4 Å². The Morgan fingerprint density at radius 2 is 1.84 bits per heavy atom. The molecule has 1 unspecified atom stereocenters. The van der Waals surface area contributed by atoms with Crippen molar-refractivity contribution >= 4 is 47.9 Å². The highest BCUT2D eigenvalue weighted by molar-refractivity contribution is 7.55. The summed E-state index contributed by atoms with van der Waals surface area (Å²) in [5, 5.41) is 8.76. The highest BCUT2D eigenvalue weighted by atomic mass is 35.5. The minimum absolute atomic E-state index is 0.00186. The van der Waals surface area contributed by atoms with Crippen molar-refractivity contribution in [3.63, 3.8) is 0 Å². The highest BCUT2D eigenvalue weighted by Gasteiger charge is 2.44. The van der Waals surface area contributed by atoms with Gasteiger partial charge in [-0.25, -0.2) is 14.8 Å². The Bertz CT molecular complexity index is 1090. The molecular weight excluding hydrogens is 566 g/mol. The number of aliphatic hydroxyl groups is 1. The molecule has 216 valence electrons. The Balaban J connectivity index is 0.000000757. The summed E-state index contributed by atoms with van der Waals surface area (Å²) in [6, 6.07) is 0. The average Bonchev–Trinajstić information content (AvgIpc) is 3.46. The molecule has 1 fully saturated rings. The van der Waals surface area contributed by atoms with E-state index in [4.69, 9.17) is 51.6 Å². The molecule has 3 heterocycles. The summed E-state index contributed by atoms with van der Waals surface area (Å²) in [6.07, 6.45) is 1.99. The third-order valence-corrected chi connectivity index (χ3v) is 7.68. The van der Waals surface area contributed by atoms with Crippen LogP contribution >= 0.6 is 30.8 Å². The predicted molar refractivity (Wildman–Crippen MR) is 139 cm³/mol. The smallest absolute Gasteiger partial charge is 0.370 e. The number of nitrogens with zero attached hydrogens (tertiary/aromatic N) is 4. The molecule has 16 heteroatoms. The first kappa shape index (κ1) is 32.8. The third kappa shape index (κ3) is 9.07. The fourth-order valence-electron chi connectivity index (χ4n) is 3.31. The van der Waals surface area contributed by atoms with Gasteiger partial charge >= 0.3 is 13.6 Å². The average molecular weight is 601 g/mol. The summed E-state index contributed by atoms with van der Waals surface area (Å²) in [6.45, 7) is 8.33. The van der Waals surface area contributed by atoms with Gasteiger partial charge in [-0.1, -0.05) is 11.6 Å². The number of ether oxygens (including phenoxy) is 4. The highest BCUT2D eigenvalue weighted by Crippen LogP contribution is 2.54. The van der Waals surface area contributed by atoms with E-state index in [2.05, 4.69) is 19.7 Å². The quantitative estimate of drug-likeness (QED) is 0.121. The summed E-state index contributed by atoms with van der Waals surface area (Å²) < 4.78 is 46.7. The summed E-state index contributed by atoms with van der Waals surface area (Å²) in [7, 11) is -2.43. The lowest BCUT2D eigenvalue weighted by atomic mass is 10.2. The Labute approximate surface area is 231 Å². The molecule has 1 N–H and O–H groups in total. The van der Waals surface area contributed by atoms with Crippen LogP contribution in [0.15, 0.2) is 6.33 Å². The molecule has 1 aliphatic heterocycles. The Morgan fingerprint density at radius 1 is 1.21 bits per heavy atom. The molecular formula is C22H35Cl2N4O9P. The van der Waals surface area contributed by atoms with Gasteiger partial charge in [-0.2, -0.15) is 4.98 Å².